The number of methoxy groups -OCH3 is 1. The number of piperidine rings is 1. The molecule has 7 atom stereocenters. The molecule has 2 saturated heterocycles. The minimum Gasteiger partial charge on any atom is -0.493 e. The van der Waals surface area contributed by atoms with Gasteiger partial charge in [0.15, 0.2) is 36.0 Å². The fourth-order valence-electron chi connectivity index (χ4n) is 9.67. The Balaban J connectivity index is 1.04. The molecule has 5 amide bonds. The Hall–Kier alpha value is -10.5. The second kappa shape index (κ2) is 33.0. The standard InChI is InChI=1S/C64H74N6O23/c1-10-28-83-57(75)52-50(90-61(78)84-29-11-2)51(91-62(79)85-30-12-3)53(92-63(80)86-31-13-4)58(89-52)88-42-25-19-38(20-26-42)37-87-60(77)70-45-35-48(47(81-9)34-43(45)55(73)69-27-15-14-17-44(69)56(70)74)82-32-16-18-49(71)65-41-33-46(68(8)36-41)54(72)66-39-21-23-40(24-22-39)67-59(76)93-64(5,6)7/h10-13,19-26,33-36,44,50-53,56,58,74H,1-4,14-18,27-32,37H2,5-9H3,(H,65,71)(H,66,72)(H,67,76)/t44-,50-,51-,52-,53+,56?,58+/m0/s1. The Morgan fingerprint density at radius 2 is 1.31 bits per heavy atom. The molecule has 1 aromatic heterocycles. The molecule has 0 bridgehead atoms. The number of nitrogens with one attached hydrogen (secondary N) is 3. The van der Waals surface area contributed by atoms with Gasteiger partial charge in [0.25, 0.3) is 11.8 Å². The molecule has 93 heavy (non-hydrogen) atoms. The van der Waals surface area contributed by atoms with Gasteiger partial charge in [0.1, 0.15) is 50.1 Å². The van der Waals surface area contributed by atoms with Crippen molar-refractivity contribution >= 4 is 77.1 Å². The first-order valence-electron chi connectivity index (χ1n) is 29.2. The summed E-state index contributed by atoms with van der Waals surface area (Å²) < 4.78 is 73.3. The summed E-state index contributed by atoms with van der Waals surface area (Å²) in [6.45, 7) is 17.6. The number of fused-ring (bicyclic) bond motifs is 2. The summed E-state index contributed by atoms with van der Waals surface area (Å²) in [5.41, 5.74) is 1.12. The van der Waals surface area contributed by atoms with Gasteiger partial charge in [-0.15, -0.1) is 0 Å². The zero-order chi connectivity index (χ0) is 67.4. The lowest BCUT2D eigenvalue weighted by Crippen LogP contribution is -2.64. The first-order valence-corrected chi connectivity index (χ1v) is 29.2. The van der Waals surface area contributed by atoms with E-state index in [1.807, 2.05) is 0 Å². The summed E-state index contributed by atoms with van der Waals surface area (Å²) >= 11 is 0. The van der Waals surface area contributed by atoms with Crippen LogP contribution in [0.1, 0.15) is 79.3 Å². The van der Waals surface area contributed by atoms with Crippen LogP contribution in [0.15, 0.2) is 124 Å². The number of carbonyl (C=O) groups is 9. The quantitative estimate of drug-likeness (QED) is 0.0197. The molecule has 2 fully saturated rings. The van der Waals surface area contributed by atoms with Gasteiger partial charge in [0.2, 0.25) is 18.3 Å². The lowest BCUT2D eigenvalue weighted by atomic mass is 9.98. The molecule has 498 valence electrons. The number of anilines is 4. The molecule has 4 heterocycles. The number of nitrogens with zero attached hydrogens (tertiary/aromatic N) is 3. The van der Waals surface area contributed by atoms with Crippen LogP contribution in [0.25, 0.3) is 0 Å². The van der Waals surface area contributed by atoms with Crippen LogP contribution in [-0.2, 0) is 70.6 Å². The molecule has 0 spiro atoms. The molecule has 3 aliphatic rings. The Morgan fingerprint density at radius 1 is 0.710 bits per heavy atom. The number of benzene rings is 3. The lowest BCUT2D eigenvalue weighted by Gasteiger charge is -2.42. The van der Waals surface area contributed by atoms with Crippen molar-refractivity contribution in [3.8, 4) is 17.2 Å². The van der Waals surface area contributed by atoms with E-state index in [0.717, 1.165) is 4.90 Å². The molecule has 7 rings (SSSR count). The monoisotopic (exact) mass is 1290 g/mol. The number of aliphatic hydroxyl groups excluding tert-OH is 1. The van der Waals surface area contributed by atoms with Gasteiger partial charge in [0.05, 0.1) is 36.7 Å². The van der Waals surface area contributed by atoms with E-state index in [-0.39, 0.29) is 86.6 Å². The minimum atomic E-state index is -1.97. The van der Waals surface area contributed by atoms with Gasteiger partial charge in [0, 0.05) is 43.7 Å². The van der Waals surface area contributed by atoms with Crippen molar-refractivity contribution in [1.82, 2.24) is 9.47 Å². The molecule has 0 aliphatic carbocycles. The smallest absolute Gasteiger partial charge is 0.493 e. The van der Waals surface area contributed by atoms with Crippen LogP contribution in [0.3, 0.4) is 0 Å². The summed E-state index contributed by atoms with van der Waals surface area (Å²) in [6, 6.07) is 15.6. The third-order valence-corrected chi connectivity index (χ3v) is 13.8. The normalized spacial score (nSPS) is 18.9. The van der Waals surface area contributed by atoms with Crippen molar-refractivity contribution in [2.75, 3.05) is 67.5 Å². The van der Waals surface area contributed by atoms with Gasteiger partial charge in [-0.25, -0.2) is 33.7 Å². The van der Waals surface area contributed by atoms with Crippen molar-refractivity contribution in [2.45, 2.75) is 108 Å². The number of aliphatic hydroxyl groups is 1. The minimum absolute atomic E-state index is 0.00563. The number of esters is 1. The van der Waals surface area contributed by atoms with Crippen LogP contribution in [0.5, 0.6) is 17.2 Å². The summed E-state index contributed by atoms with van der Waals surface area (Å²) in [5, 5.41) is 20.3. The van der Waals surface area contributed by atoms with E-state index in [0.29, 0.717) is 41.9 Å². The highest BCUT2D eigenvalue weighted by Gasteiger charge is 2.57. The number of aryl methyl sites for hydroxylation is 1. The van der Waals surface area contributed by atoms with Crippen LogP contribution in [0, 0.1) is 0 Å². The fraction of sp³-hybridized carbons (Fsp3) is 0.391. The van der Waals surface area contributed by atoms with Crippen molar-refractivity contribution in [1.29, 1.82) is 0 Å². The van der Waals surface area contributed by atoms with E-state index in [4.69, 9.17) is 61.6 Å². The van der Waals surface area contributed by atoms with E-state index in [1.165, 1.54) is 78.8 Å². The van der Waals surface area contributed by atoms with E-state index in [1.54, 1.807) is 62.8 Å². The summed E-state index contributed by atoms with van der Waals surface area (Å²) in [7, 11) is 3.01. The van der Waals surface area contributed by atoms with Crippen molar-refractivity contribution in [2.24, 2.45) is 7.05 Å². The number of aromatic nitrogens is 1. The van der Waals surface area contributed by atoms with Gasteiger partial charge in [-0.05, 0) is 101 Å². The summed E-state index contributed by atoms with van der Waals surface area (Å²) in [6.07, 6.45) is -8.90. The van der Waals surface area contributed by atoms with Crippen LogP contribution >= 0.6 is 0 Å². The molecular formula is C64H74N6O23. The number of ether oxygens (including phenoxy) is 13. The lowest BCUT2D eigenvalue weighted by molar-refractivity contribution is -0.276. The van der Waals surface area contributed by atoms with Crippen LogP contribution in [0.4, 0.5) is 46.7 Å². The maximum atomic E-state index is 14.5. The number of hydrogen-bond donors (Lipinski definition) is 4. The molecular weight excluding hydrogens is 1220 g/mol. The van der Waals surface area contributed by atoms with Gasteiger partial charge >= 0.3 is 36.6 Å². The Bertz CT molecular complexity index is 3380. The summed E-state index contributed by atoms with van der Waals surface area (Å²) in [5.74, 6) is -2.36. The van der Waals surface area contributed by atoms with Gasteiger partial charge in [-0.2, -0.15) is 0 Å². The third-order valence-electron chi connectivity index (χ3n) is 13.8. The predicted molar refractivity (Wildman–Crippen MR) is 330 cm³/mol. The van der Waals surface area contributed by atoms with Crippen molar-refractivity contribution < 1.29 is 110 Å². The molecule has 4 N–H and O–H groups in total. The number of carbonyl (C=O) groups excluding carboxylic acids is 9. The molecule has 3 aromatic carbocycles. The average molecular weight is 1300 g/mol. The largest absolute Gasteiger partial charge is 0.509 e. The number of amides is 5. The maximum Gasteiger partial charge on any atom is 0.509 e. The van der Waals surface area contributed by atoms with Crippen molar-refractivity contribution in [3.05, 3.63) is 140 Å². The molecule has 29 heteroatoms. The Labute approximate surface area is 534 Å². The van der Waals surface area contributed by atoms with E-state index in [9.17, 15) is 48.3 Å². The third kappa shape index (κ3) is 19.2. The number of hydrogen-bond acceptors (Lipinski definition) is 23. The topological polar surface area (TPSA) is 341 Å². The maximum absolute atomic E-state index is 14.5. The van der Waals surface area contributed by atoms with Crippen LogP contribution in [0.2, 0.25) is 0 Å². The zero-order valence-electron chi connectivity index (χ0n) is 51.9. The van der Waals surface area contributed by atoms with E-state index < -0.39 is 110 Å². The highest BCUT2D eigenvalue weighted by Crippen LogP contribution is 2.42. The molecule has 4 aromatic rings. The van der Waals surface area contributed by atoms with Crippen LogP contribution in [-0.4, -0.2) is 164 Å². The molecule has 1 unspecified atom stereocenters. The van der Waals surface area contributed by atoms with Crippen LogP contribution < -0.4 is 35.1 Å². The first-order chi connectivity index (χ1) is 44.5. The SMILES string of the molecule is C=CCOC(=O)O[C@@H]1[C@@H](OC(=O)OCC=C)[C@H](Oc2ccc(COC(=O)N3c4cc(OCCCC(=O)Nc5cc(C(=O)Nc6ccc(NC(=O)OC(C)(C)C)cc6)n(C)c5)c(OC)cc4C(=O)N4CCCC[C@H]4C3O)cc2)O[C@H](C(=O)OCC=C)[C@H]1OC(=O)OCC=C. The van der Waals surface area contributed by atoms with Gasteiger partial charge in [-0.3, -0.25) is 19.7 Å². The zero-order valence-corrected chi connectivity index (χ0v) is 51.9. The molecule has 3 aliphatic heterocycles. The predicted octanol–water partition coefficient (Wildman–Crippen LogP) is 8.86. The highest BCUT2D eigenvalue weighted by molar-refractivity contribution is 6.06. The summed E-state index contributed by atoms with van der Waals surface area (Å²) in [4.78, 5) is 123. The Kier molecular flexibility index (Phi) is 24.8. The van der Waals surface area contributed by atoms with Gasteiger partial charge in [-0.1, -0.05) is 62.8 Å². The van der Waals surface area contributed by atoms with E-state index in [2.05, 4.69) is 42.3 Å². The van der Waals surface area contributed by atoms with E-state index >= 15 is 0 Å². The second-order valence-corrected chi connectivity index (χ2v) is 21.7. The molecule has 0 radical (unpaired) electrons. The molecule has 0 saturated carbocycles. The highest BCUT2D eigenvalue weighted by atomic mass is 16.8. The Morgan fingerprint density at radius 3 is 1.92 bits per heavy atom. The van der Waals surface area contributed by atoms with Gasteiger partial charge < -0.3 is 86.8 Å². The van der Waals surface area contributed by atoms with Crippen molar-refractivity contribution in [3.63, 3.8) is 0 Å². The molecule has 29 nitrogen and oxygen atoms in total. The fourth-order valence-corrected chi connectivity index (χ4v) is 9.67. The second-order valence-electron chi connectivity index (χ2n) is 21.7. The average Bonchev–Trinajstić information content (AvgIpc) is 1.72. The first kappa shape index (κ1) is 69.9. The number of rotatable bonds is 26.